The molecule has 1 rings (SSSR count). The molecule has 0 aliphatic rings. The minimum atomic E-state index is -0.316. The van der Waals surface area contributed by atoms with Crippen LogP contribution in [0.15, 0.2) is 18.2 Å². The minimum absolute atomic E-state index is 0.316. The van der Waals surface area contributed by atoms with Crippen molar-refractivity contribution in [3.8, 4) is 5.75 Å². The first kappa shape index (κ1) is 12.5. The first-order chi connectivity index (χ1) is 7.72. The van der Waals surface area contributed by atoms with Gasteiger partial charge in [-0.15, -0.1) is 0 Å². The van der Waals surface area contributed by atoms with Gasteiger partial charge in [0, 0.05) is 0 Å². The van der Waals surface area contributed by atoms with Crippen LogP contribution < -0.4 is 10.5 Å². The summed E-state index contributed by atoms with van der Waals surface area (Å²) in [7, 11) is 1.60. The molecule has 0 saturated carbocycles. The van der Waals surface area contributed by atoms with E-state index in [9.17, 15) is 4.79 Å². The van der Waals surface area contributed by atoms with Crippen molar-refractivity contribution in [3.63, 3.8) is 0 Å². The van der Waals surface area contributed by atoms with Gasteiger partial charge in [-0.25, -0.2) is 4.79 Å². The lowest BCUT2D eigenvalue weighted by atomic mass is 10.1. The van der Waals surface area contributed by atoms with Gasteiger partial charge in [-0.2, -0.15) is 0 Å². The molecule has 1 aromatic carbocycles. The van der Waals surface area contributed by atoms with Crippen LogP contribution in [-0.4, -0.2) is 26.2 Å². The van der Waals surface area contributed by atoms with Crippen LogP contribution in [0.5, 0.6) is 5.75 Å². The number of benzene rings is 1. The Morgan fingerprint density at radius 3 is 2.75 bits per heavy atom. The number of ether oxygens (including phenoxy) is 2. The molecule has 4 heteroatoms. The molecule has 1 aromatic rings. The number of rotatable bonds is 5. The Kier molecular flexibility index (Phi) is 4.79. The van der Waals surface area contributed by atoms with Crippen LogP contribution in [0.3, 0.4) is 0 Å². The summed E-state index contributed by atoms with van der Waals surface area (Å²) < 4.78 is 10.1. The van der Waals surface area contributed by atoms with Gasteiger partial charge in [-0.1, -0.05) is 0 Å². The fourth-order valence-corrected chi connectivity index (χ4v) is 1.47. The van der Waals surface area contributed by atoms with Gasteiger partial charge in [0.25, 0.3) is 0 Å². The Balaban J connectivity index is 2.96. The third-order valence-electron chi connectivity index (χ3n) is 2.21. The number of esters is 1. The predicted octanol–water partition coefficient (Wildman–Crippen LogP) is 1.37. The monoisotopic (exact) mass is 223 g/mol. The fourth-order valence-electron chi connectivity index (χ4n) is 1.47. The lowest BCUT2D eigenvalue weighted by Gasteiger charge is -2.09. The molecule has 2 N–H and O–H groups in total. The van der Waals surface area contributed by atoms with Crippen molar-refractivity contribution in [2.75, 3.05) is 20.3 Å². The topological polar surface area (TPSA) is 61.5 Å². The van der Waals surface area contributed by atoms with Crippen molar-refractivity contribution >= 4 is 5.97 Å². The number of hydrogen-bond acceptors (Lipinski definition) is 4. The third kappa shape index (κ3) is 2.97. The Labute approximate surface area is 95.3 Å². The first-order valence-corrected chi connectivity index (χ1v) is 5.27. The molecule has 0 aromatic heterocycles. The van der Waals surface area contributed by atoms with E-state index in [-0.39, 0.29) is 5.97 Å². The van der Waals surface area contributed by atoms with Crippen molar-refractivity contribution in [3.05, 3.63) is 29.3 Å². The molecule has 0 heterocycles. The molecule has 0 bridgehead atoms. The molecule has 0 atom stereocenters. The number of nitrogens with two attached hydrogens (primary N) is 1. The van der Waals surface area contributed by atoms with Gasteiger partial charge < -0.3 is 15.2 Å². The summed E-state index contributed by atoms with van der Waals surface area (Å²) >= 11 is 0. The number of methoxy groups -OCH3 is 1. The standard InChI is InChI=1S/C12H17NO3/c1-3-16-12(14)10-4-5-11(15-2)9(8-10)6-7-13/h4-5,8H,3,6-7,13H2,1-2H3. The van der Waals surface area contributed by atoms with Crippen LogP contribution in [0, 0.1) is 0 Å². The zero-order valence-corrected chi connectivity index (χ0v) is 9.66. The Bertz CT molecular complexity index is 363. The second kappa shape index (κ2) is 6.12. The summed E-state index contributed by atoms with van der Waals surface area (Å²) in [4.78, 5) is 11.5. The van der Waals surface area contributed by atoms with Gasteiger partial charge in [0.1, 0.15) is 5.75 Å². The van der Waals surface area contributed by atoms with Crippen LogP contribution in [0.4, 0.5) is 0 Å². The van der Waals surface area contributed by atoms with Gasteiger partial charge >= 0.3 is 5.97 Å². The van der Waals surface area contributed by atoms with E-state index in [1.165, 1.54) is 0 Å². The lowest BCUT2D eigenvalue weighted by molar-refractivity contribution is 0.0526. The second-order valence-electron chi connectivity index (χ2n) is 3.29. The normalized spacial score (nSPS) is 9.94. The molecule has 16 heavy (non-hydrogen) atoms. The molecular formula is C12H17NO3. The smallest absolute Gasteiger partial charge is 0.338 e. The average Bonchev–Trinajstić information content (AvgIpc) is 2.29. The molecule has 4 nitrogen and oxygen atoms in total. The van der Waals surface area contributed by atoms with Gasteiger partial charge in [-0.05, 0) is 43.7 Å². The van der Waals surface area contributed by atoms with E-state index in [2.05, 4.69) is 0 Å². The highest BCUT2D eigenvalue weighted by molar-refractivity contribution is 5.89. The zero-order valence-electron chi connectivity index (χ0n) is 9.66. The van der Waals surface area contributed by atoms with Crippen molar-refractivity contribution in [2.24, 2.45) is 5.73 Å². The molecular weight excluding hydrogens is 206 g/mol. The molecule has 0 fully saturated rings. The maximum Gasteiger partial charge on any atom is 0.338 e. The van der Waals surface area contributed by atoms with Crippen molar-refractivity contribution < 1.29 is 14.3 Å². The van der Waals surface area contributed by atoms with Crippen molar-refractivity contribution in [1.29, 1.82) is 0 Å². The summed E-state index contributed by atoms with van der Waals surface area (Å²) in [5.74, 6) is 0.432. The summed E-state index contributed by atoms with van der Waals surface area (Å²) in [6.45, 7) is 2.67. The highest BCUT2D eigenvalue weighted by Gasteiger charge is 2.10. The van der Waals surface area contributed by atoms with E-state index in [0.29, 0.717) is 25.1 Å². The van der Waals surface area contributed by atoms with Crippen molar-refractivity contribution in [2.45, 2.75) is 13.3 Å². The van der Waals surface area contributed by atoms with E-state index in [0.717, 1.165) is 11.3 Å². The maximum atomic E-state index is 11.5. The molecule has 0 saturated heterocycles. The fraction of sp³-hybridized carbons (Fsp3) is 0.417. The quantitative estimate of drug-likeness (QED) is 0.766. The first-order valence-electron chi connectivity index (χ1n) is 5.27. The Hall–Kier alpha value is -1.55. The predicted molar refractivity (Wildman–Crippen MR) is 61.7 cm³/mol. The second-order valence-corrected chi connectivity index (χ2v) is 3.29. The highest BCUT2D eigenvalue weighted by Crippen LogP contribution is 2.20. The molecule has 0 spiro atoms. The minimum Gasteiger partial charge on any atom is -0.496 e. The van der Waals surface area contributed by atoms with Crippen molar-refractivity contribution in [1.82, 2.24) is 0 Å². The number of carbonyl (C=O) groups excluding carboxylic acids is 1. The van der Waals surface area contributed by atoms with Gasteiger partial charge in [0.2, 0.25) is 0 Å². The largest absolute Gasteiger partial charge is 0.496 e. The molecule has 88 valence electrons. The van der Waals surface area contributed by atoms with E-state index in [1.54, 1.807) is 32.2 Å². The molecule has 0 aliphatic heterocycles. The summed E-state index contributed by atoms with van der Waals surface area (Å²) in [5.41, 5.74) is 6.96. The van der Waals surface area contributed by atoms with Gasteiger partial charge in [0.15, 0.2) is 0 Å². The summed E-state index contributed by atoms with van der Waals surface area (Å²) in [5, 5.41) is 0. The van der Waals surface area contributed by atoms with E-state index in [4.69, 9.17) is 15.2 Å². The maximum absolute atomic E-state index is 11.5. The van der Waals surface area contributed by atoms with Crippen LogP contribution in [0.1, 0.15) is 22.8 Å². The Morgan fingerprint density at radius 1 is 1.44 bits per heavy atom. The van der Waals surface area contributed by atoms with E-state index in [1.807, 2.05) is 0 Å². The van der Waals surface area contributed by atoms with E-state index < -0.39 is 0 Å². The zero-order chi connectivity index (χ0) is 12.0. The molecule has 0 amide bonds. The molecule has 0 radical (unpaired) electrons. The summed E-state index contributed by atoms with van der Waals surface area (Å²) in [6, 6.07) is 5.22. The van der Waals surface area contributed by atoms with E-state index >= 15 is 0 Å². The van der Waals surface area contributed by atoms with Crippen LogP contribution in [0.2, 0.25) is 0 Å². The van der Waals surface area contributed by atoms with Crippen LogP contribution in [-0.2, 0) is 11.2 Å². The number of carbonyl (C=O) groups is 1. The summed E-state index contributed by atoms with van der Waals surface area (Å²) in [6.07, 6.45) is 0.677. The van der Waals surface area contributed by atoms with Gasteiger partial charge in [0.05, 0.1) is 19.3 Å². The van der Waals surface area contributed by atoms with Gasteiger partial charge in [-0.3, -0.25) is 0 Å². The van der Waals surface area contributed by atoms with Crippen LogP contribution >= 0.6 is 0 Å². The third-order valence-corrected chi connectivity index (χ3v) is 2.21. The highest BCUT2D eigenvalue weighted by atomic mass is 16.5. The average molecular weight is 223 g/mol. The molecule has 0 unspecified atom stereocenters. The van der Waals surface area contributed by atoms with Crippen LogP contribution in [0.25, 0.3) is 0 Å². The number of hydrogen-bond donors (Lipinski definition) is 1. The SMILES string of the molecule is CCOC(=O)c1ccc(OC)c(CCN)c1. The lowest BCUT2D eigenvalue weighted by Crippen LogP contribution is -2.08. The Morgan fingerprint density at radius 2 is 2.19 bits per heavy atom. The molecule has 0 aliphatic carbocycles.